The van der Waals surface area contributed by atoms with Gasteiger partial charge in [0.1, 0.15) is 11.6 Å². The van der Waals surface area contributed by atoms with Gasteiger partial charge in [-0.2, -0.15) is 0 Å². The number of anilines is 1. The number of hydrogen-bond donors (Lipinski definition) is 2. The molecule has 0 radical (unpaired) electrons. The van der Waals surface area contributed by atoms with E-state index in [0.29, 0.717) is 42.5 Å². The highest BCUT2D eigenvalue weighted by molar-refractivity contribution is 5.90. The number of urea groups is 1. The van der Waals surface area contributed by atoms with Gasteiger partial charge in [-0.05, 0) is 84.0 Å². The Kier molecular flexibility index (Phi) is 8.02. The number of halogens is 2. The van der Waals surface area contributed by atoms with E-state index >= 15 is 0 Å². The maximum Gasteiger partial charge on any atom is 0.319 e. The molecule has 186 valence electrons. The number of aromatic nitrogens is 4. The fourth-order valence-corrected chi connectivity index (χ4v) is 4.51. The van der Waals surface area contributed by atoms with E-state index in [1.807, 2.05) is 18.2 Å². The van der Waals surface area contributed by atoms with E-state index in [2.05, 4.69) is 38.0 Å². The summed E-state index contributed by atoms with van der Waals surface area (Å²) >= 11 is 0. The number of hydrogen-bond acceptors (Lipinski definition) is 5. The predicted octanol–water partition coefficient (Wildman–Crippen LogP) is 3.79. The SMILES string of the molecule is CCc1cc(NC(=O)NC[C@@H]2CCCN(CCc3ccc(F)cc3F)C2)cc(-c2nnnn2C)c1. The van der Waals surface area contributed by atoms with Crippen molar-refractivity contribution in [2.75, 3.05) is 31.5 Å². The number of piperidine rings is 1. The normalized spacial score (nSPS) is 16.3. The van der Waals surface area contributed by atoms with Crippen molar-refractivity contribution in [3.63, 3.8) is 0 Å². The number of nitrogens with zero attached hydrogens (tertiary/aromatic N) is 5. The zero-order chi connectivity index (χ0) is 24.8. The molecule has 1 aliphatic rings. The highest BCUT2D eigenvalue weighted by atomic mass is 19.1. The summed E-state index contributed by atoms with van der Waals surface area (Å²) in [5.41, 5.74) is 3.12. The molecular weight excluding hydrogens is 452 g/mol. The number of carbonyl (C=O) groups is 1. The van der Waals surface area contributed by atoms with E-state index in [1.54, 1.807) is 11.7 Å². The Morgan fingerprint density at radius 3 is 2.80 bits per heavy atom. The van der Waals surface area contributed by atoms with Gasteiger partial charge in [-0.15, -0.1) is 5.10 Å². The number of rotatable bonds is 8. The molecule has 0 spiro atoms. The quantitative estimate of drug-likeness (QED) is 0.509. The molecule has 1 aromatic heterocycles. The van der Waals surface area contributed by atoms with Crippen molar-refractivity contribution in [2.45, 2.75) is 32.6 Å². The molecule has 8 nitrogen and oxygen atoms in total. The molecule has 2 amide bonds. The van der Waals surface area contributed by atoms with Gasteiger partial charge in [0.05, 0.1) is 0 Å². The first kappa shape index (κ1) is 24.7. The zero-order valence-electron chi connectivity index (χ0n) is 20.1. The van der Waals surface area contributed by atoms with E-state index in [0.717, 1.165) is 49.5 Å². The third kappa shape index (κ3) is 6.60. The van der Waals surface area contributed by atoms with Crippen molar-refractivity contribution < 1.29 is 13.6 Å². The van der Waals surface area contributed by atoms with Crippen molar-refractivity contribution >= 4 is 11.7 Å². The van der Waals surface area contributed by atoms with Crippen LogP contribution in [0.5, 0.6) is 0 Å². The molecule has 2 N–H and O–H groups in total. The van der Waals surface area contributed by atoms with Crippen LogP contribution >= 0.6 is 0 Å². The lowest BCUT2D eigenvalue weighted by atomic mass is 9.97. The molecule has 2 aromatic carbocycles. The van der Waals surface area contributed by atoms with Gasteiger partial charge in [0.2, 0.25) is 0 Å². The average molecular weight is 484 g/mol. The maximum atomic E-state index is 13.9. The Balaban J connectivity index is 1.28. The van der Waals surface area contributed by atoms with Gasteiger partial charge in [-0.1, -0.05) is 13.0 Å². The molecule has 1 saturated heterocycles. The highest BCUT2D eigenvalue weighted by Crippen LogP contribution is 2.23. The Labute approximate surface area is 203 Å². The molecule has 0 unspecified atom stereocenters. The molecule has 0 bridgehead atoms. The molecule has 1 aliphatic heterocycles. The highest BCUT2D eigenvalue weighted by Gasteiger charge is 2.21. The first-order chi connectivity index (χ1) is 16.9. The Bertz CT molecular complexity index is 1170. The first-order valence-corrected chi connectivity index (χ1v) is 12.0. The third-order valence-electron chi connectivity index (χ3n) is 6.40. The van der Waals surface area contributed by atoms with E-state index in [4.69, 9.17) is 0 Å². The van der Waals surface area contributed by atoms with Crippen LogP contribution in [0.25, 0.3) is 11.4 Å². The first-order valence-electron chi connectivity index (χ1n) is 12.0. The average Bonchev–Trinajstić information content (AvgIpc) is 3.28. The van der Waals surface area contributed by atoms with Crippen LogP contribution in [0, 0.1) is 17.6 Å². The molecule has 1 fully saturated rings. The lowest BCUT2D eigenvalue weighted by Gasteiger charge is -2.32. The molecule has 0 aliphatic carbocycles. The summed E-state index contributed by atoms with van der Waals surface area (Å²) in [7, 11) is 1.78. The van der Waals surface area contributed by atoms with Gasteiger partial charge in [-0.3, -0.25) is 0 Å². The second kappa shape index (κ2) is 11.4. The molecule has 10 heteroatoms. The lowest BCUT2D eigenvalue weighted by Crippen LogP contribution is -2.42. The van der Waals surface area contributed by atoms with Crippen LogP contribution in [-0.4, -0.2) is 57.3 Å². The summed E-state index contributed by atoms with van der Waals surface area (Å²) in [6.07, 6.45) is 3.39. The fourth-order valence-electron chi connectivity index (χ4n) is 4.51. The van der Waals surface area contributed by atoms with Gasteiger partial charge in [0, 0.05) is 44.0 Å². The number of benzene rings is 2. The molecule has 0 saturated carbocycles. The Morgan fingerprint density at radius 2 is 2.06 bits per heavy atom. The van der Waals surface area contributed by atoms with Gasteiger partial charge in [0.15, 0.2) is 5.82 Å². The Hall–Kier alpha value is -3.40. The minimum Gasteiger partial charge on any atom is -0.338 e. The number of nitrogens with one attached hydrogen (secondary N) is 2. The van der Waals surface area contributed by atoms with E-state index in [-0.39, 0.29) is 6.03 Å². The number of amides is 2. The summed E-state index contributed by atoms with van der Waals surface area (Å²) in [4.78, 5) is 14.9. The summed E-state index contributed by atoms with van der Waals surface area (Å²) in [6.45, 7) is 5.08. The fraction of sp³-hybridized carbons (Fsp3) is 0.440. The zero-order valence-corrected chi connectivity index (χ0v) is 20.1. The third-order valence-corrected chi connectivity index (χ3v) is 6.40. The number of likely N-dealkylation sites (tertiary alicyclic amines) is 1. The van der Waals surface area contributed by atoms with E-state index in [1.165, 1.54) is 12.1 Å². The largest absolute Gasteiger partial charge is 0.338 e. The maximum absolute atomic E-state index is 13.9. The standard InChI is InChI=1S/C25H31F2N7O/c1-3-17-11-20(24-30-31-32-33(24)2)13-22(12-17)29-25(35)28-15-18-5-4-9-34(16-18)10-8-19-6-7-21(26)14-23(19)27/h6-7,11-14,18H,3-5,8-10,15-16H2,1-2H3,(H2,28,29,35)/t18-/m0/s1. The van der Waals surface area contributed by atoms with Gasteiger partial charge in [-0.25, -0.2) is 18.3 Å². The predicted molar refractivity (Wildman–Crippen MR) is 130 cm³/mol. The van der Waals surface area contributed by atoms with Crippen LogP contribution in [0.4, 0.5) is 19.3 Å². The van der Waals surface area contributed by atoms with Gasteiger partial charge >= 0.3 is 6.03 Å². The van der Waals surface area contributed by atoms with Crippen molar-refractivity contribution in [3.8, 4) is 11.4 Å². The topological polar surface area (TPSA) is 88.0 Å². The van der Waals surface area contributed by atoms with Crippen molar-refractivity contribution in [2.24, 2.45) is 13.0 Å². The molecule has 3 aromatic rings. The van der Waals surface area contributed by atoms with Gasteiger partial charge < -0.3 is 15.5 Å². The van der Waals surface area contributed by atoms with Crippen LogP contribution in [0.3, 0.4) is 0 Å². The number of tetrazole rings is 1. The smallest absolute Gasteiger partial charge is 0.319 e. The molecule has 2 heterocycles. The minimum atomic E-state index is -0.558. The second-order valence-corrected chi connectivity index (χ2v) is 9.03. The second-order valence-electron chi connectivity index (χ2n) is 9.03. The summed E-state index contributed by atoms with van der Waals surface area (Å²) < 4.78 is 28.6. The van der Waals surface area contributed by atoms with E-state index in [9.17, 15) is 13.6 Å². The number of aryl methyl sites for hydroxylation is 2. The molecular formula is C25H31F2N7O. The monoisotopic (exact) mass is 483 g/mol. The molecule has 1 atom stereocenters. The van der Waals surface area contributed by atoms with Gasteiger partial charge in [0.25, 0.3) is 0 Å². The summed E-state index contributed by atoms with van der Waals surface area (Å²) in [5.74, 6) is -0.110. The molecule has 4 rings (SSSR count). The van der Waals surface area contributed by atoms with Crippen LogP contribution in [0.2, 0.25) is 0 Å². The Morgan fingerprint density at radius 1 is 1.20 bits per heavy atom. The number of carbonyl (C=O) groups excluding carboxylic acids is 1. The van der Waals surface area contributed by atoms with Crippen molar-refractivity contribution in [3.05, 3.63) is 59.2 Å². The van der Waals surface area contributed by atoms with Crippen LogP contribution in [0.15, 0.2) is 36.4 Å². The minimum absolute atomic E-state index is 0.259. The van der Waals surface area contributed by atoms with Crippen molar-refractivity contribution in [1.29, 1.82) is 0 Å². The van der Waals surface area contributed by atoms with Crippen LogP contribution in [-0.2, 0) is 19.9 Å². The molecule has 35 heavy (non-hydrogen) atoms. The van der Waals surface area contributed by atoms with Crippen molar-refractivity contribution in [1.82, 2.24) is 30.4 Å². The summed E-state index contributed by atoms with van der Waals surface area (Å²) in [5, 5.41) is 17.6. The van der Waals surface area contributed by atoms with E-state index < -0.39 is 11.6 Å². The lowest BCUT2D eigenvalue weighted by molar-refractivity contribution is 0.174. The summed E-state index contributed by atoms with van der Waals surface area (Å²) in [6, 6.07) is 9.31. The van der Waals surface area contributed by atoms with Crippen LogP contribution < -0.4 is 10.6 Å². The van der Waals surface area contributed by atoms with Crippen LogP contribution in [0.1, 0.15) is 30.9 Å².